The Hall–Kier alpha value is -2.12. The topological polar surface area (TPSA) is 122 Å². The molecule has 1 aromatic heterocycles. The Kier molecular flexibility index (Phi) is 9.41. The van der Waals surface area contributed by atoms with E-state index in [1.165, 1.54) is 22.3 Å². The zero-order valence-corrected chi connectivity index (χ0v) is 17.5. The van der Waals surface area contributed by atoms with Gasteiger partial charge in [-0.1, -0.05) is 0 Å². The summed E-state index contributed by atoms with van der Waals surface area (Å²) in [7, 11) is 0. The number of amidine groups is 1. The molecule has 0 aliphatic carbocycles. The second-order valence-electron chi connectivity index (χ2n) is 6.20. The van der Waals surface area contributed by atoms with Gasteiger partial charge in [0.2, 0.25) is 0 Å². The quantitative estimate of drug-likeness (QED) is 0.166. The van der Waals surface area contributed by atoms with E-state index >= 15 is 0 Å². The predicted octanol–water partition coefficient (Wildman–Crippen LogP) is -2.98. The molecular weight excluding hydrogens is 404 g/mol. The fourth-order valence-electron chi connectivity index (χ4n) is 3.01. The number of esters is 1. The number of rotatable bonds is 6. The number of piperazine rings is 1. The molecule has 0 amide bonds. The van der Waals surface area contributed by atoms with Crippen LogP contribution in [0.1, 0.15) is 27.0 Å². The molecule has 1 aromatic rings. The van der Waals surface area contributed by atoms with Gasteiger partial charge < -0.3 is 37.2 Å². The lowest BCUT2D eigenvalue weighted by molar-refractivity contribution is -0.904. The van der Waals surface area contributed by atoms with Crippen LogP contribution in [0.3, 0.4) is 0 Å². The van der Waals surface area contributed by atoms with Crippen LogP contribution in [0.25, 0.3) is 6.08 Å². The van der Waals surface area contributed by atoms with E-state index in [2.05, 4.69) is 0 Å². The van der Waals surface area contributed by atoms with Crippen molar-refractivity contribution >= 4 is 29.2 Å². The largest absolute Gasteiger partial charge is 1.00 e. The molecule has 0 aromatic carbocycles. The van der Waals surface area contributed by atoms with Gasteiger partial charge in [-0.15, -0.1) is 11.3 Å². The number of quaternary nitrogens is 1. The highest BCUT2D eigenvalue weighted by atomic mass is 35.5. The van der Waals surface area contributed by atoms with E-state index in [0.29, 0.717) is 29.4 Å². The van der Waals surface area contributed by atoms with Gasteiger partial charge in [-0.3, -0.25) is 5.41 Å². The SMILES string of the molecule is CCOC(=O)c1c(C)sc(/C=C(\C#N)C(=N)N2CC[NH+](CCO)CC2)c1O.[Cl-]. The monoisotopic (exact) mass is 428 g/mol. The van der Waals surface area contributed by atoms with Crippen LogP contribution in [0.2, 0.25) is 0 Å². The number of aryl methyl sites for hydroxylation is 1. The lowest BCUT2D eigenvalue weighted by Crippen LogP contribution is -3.15. The van der Waals surface area contributed by atoms with Crippen LogP contribution < -0.4 is 17.3 Å². The molecule has 2 rings (SSSR count). The van der Waals surface area contributed by atoms with Crippen molar-refractivity contribution in [3.63, 3.8) is 0 Å². The van der Waals surface area contributed by atoms with Crippen molar-refractivity contribution in [2.45, 2.75) is 13.8 Å². The van der Waals surface area contributed by atoms with Crippen LogP contribution in [0.5, 0.6) is 5.75 Å². The third-order valence-corrected chi connectivity index (χ3v) is 5.51. The van der Waals surface area contributed by atoms with Gasteiger partial charge in [0, 0.05) is 4.88 Å². The normalized spacial score (nSPS) is 14.9. The van der Waals surface area contributed by atoms with Gasteiger partial charge in [-0.25, -0.2) is 4.79 Å². The molecule has 154 valence electrons. The van der Waals surface area contributed by atoms with E-state index in [0.717, 1.165) is 13.1 Å². The summed E-state index contributed by atoms with van der Waals surface area (Å²) in [6.07, 6.45) is 1.45. The smallest absolute Gasteiger partial charge is 0.343 e. The minimum Gasteiger partial charge on any atom is -1.00 e. The highest BCUT2D eigenvalue weighted by Crippen LogP contribution is 2.36. The first-order valence-electron chi connectivity index (χ1n) is 8.82. The van der Waals surface area contributed by atoms with Crippen LogP contribution >= 0.6 is 11.3 Å². The van der Waals surface area contributed by atoms with Crippen LogP contribution in [0, 0.1) is 23.7 Å². The number of aliphatic hydroxyl groups is 1. The number of hydrogen-bond acceptors (Lipinski definition) is 7. The summed E-state index contributed by atoms with van der Waals surface area (Å²) in [5.41, 5.74) is 0.241. The lowest BCUT2D eigenvalue weighted by atomic mass is 10.1. The molecule has 1 saturated heterocycles. The molecular formula is C18H25ClN4O4S. The van der Waals surface area contributed by atoms with E-state index in [9.17, 15) is 15.2 Å². The Bertz CT molecular complexity index is 779. The van der Waals surface area contributed by atoms with E-state index in [4.69, 9.17) is 15.3 Å². The first-order chi connectivity index (χ1) is 12.9. The molecule has 0 bridgehead atoms. The Morgan fingerprint density at radius 1 is 1.46 bits per heavy atom. The summed E-state index contributed by atoms with van der Waals surface area (Å²) in [6.45, 7) is 7.24. The molecule has 0 saturated carbocycles. The Labute approximate surface area is 174 Å². The standard InChI is InChI=1S/C18H24N4O4S.ClH/c1-3-26-18(25)15-12(2)27-14(16(15)24)10-13(11-19)17(20)22-6-4-21(5-7-22)8-9-23;/h10,20,23-24H,3-9H2,1-2H3;1H/b13-10+,20-17?;. The van der Waals surface area contributed by atoms with E-state index < -0.39 is 5.97 Å². The molecule has 0 spiro atoms. The third-order valence-electron chi connectivity index (χ3n) is 4.47. The van der Waals surface area contributed by atoms with Crippen molar-refractivity contribution in [2.24, 2.45) is 0 Å². The second kappa shape index (κ2) is 11.0. The Morgan fingerprint density at radius 3 is 2.64 bits per heavy atom. The van der Waals surface area contributed by atoms with Crippen LogP contribution in [-0.4, -0.2) is 72.9 Å². The molecule has 2 heterocycles. The average Bonchev–Trinajstić information content (AvgIpc) is 2.93. The number of aliphatic hydroxyl groups excluding tert-OH is 1. The molecule has 28 heavy (non-hydrogen) atoms. The van der Waals surface area contributed by atoms with Crippen molar-refractivity contribution in [3.8, 4) is 11.8 Å². The highest BCUT2D eigenvalue weighted by Gasteiger charge is 2.25. The minimum atomic E-state index is -0.597. The van der Waals surface area contributed by atoms with Gasteiger partial charge in [-0.05, 0) is 19.9 Å². The van der Waals surface area contributed by atoms with Gasteiger partial charge in [0.05, 0.1) is 49.8 Å². The fraction of sp³-hybridized carbons (Fsp3) is 0.500. The number of aromatic hydroxyl groups is 1. The number of nitrogens with zero attached hydrogens (tertiary/aromatic N) is 2. The zero-order chi connectivity index (χ0) is 20.0. The predicted molar refractivity (Wildman–Crippen MR) is 102 cm³/mol. The molecule has 1 fully saturated rings. The minimum absolute atomic E-state index is 0. The summed E-state index contributed by atoms with van der Waals surface area (Å²) >= 11 is 1.18. The van der Waals surface area contributed by atoms with Crippen LogP contribution in [-0.2, 0) is 4.74 Å². The first kappa shape index (κ1) is 23.9. The molecule has 1 aliphatic heterocycles. The molecule has 1 aliphatic rings. The van der Waals surface area contributed by atoms with Crippen molar-refractivity contribution in [1.82, 2.24) is 4.90 Å². The second-order valence-corrected chi connectivity index (χ2v) is 7.45. The molecule has 10 heteroatoms. The van der Waals surface area contributed by atoms with Crippen LogP contribution in [0.15, 0.2) is 5.57 Å². The van der Waals surface area contributed by atoms with Gasteiger partial charge >= 0.3 is 5.97 Å². The van der Waals surface area contributed by atoms with Crippen LogP contribution in [0.4, 0.5) is 0 Å². The highest BCUT2D eigenvalue weighted by molar-refractivity contribution is 7.13. The lowest BCUT2D eigenvalue weighted by Gasteiger charge is -2.33. The summed E-state index contributed by atoms with van der Waals surface area (Å²) in [5.74, 6) is -0.711. The third kappa shape index (κ3) is 5.45. The number of ether oxygens (including phenoxy) is 1. The Balaban J connectivity index is 0.00000392. The van der Waals surface area contributed by atoms with E-state index in [1.54, 1.807) is 13.8 Å². The number of carbonyl (C=O) groups excluding carboxylic acids is 1. The number of halogens is 1. The number of nitriles is 1. The molecule has 0 atom stereocenters. The van der Waals surface area contributed by atoms with Gasteiger partial charge in [0.1, 0.15) is 29.8 Å². The van der Waals surface area contributed by atoms with Crippen molar-refractivity contribution < 1.29 is 37.1 Å². The number of hydrogen-bond donors (Lipinski definition) is 4. The molecule has 0 radical (unpaired) electrons. The number of nitrogens with one attached hydrogen (secondary N) is 2. The van der Waals surface area contributed by atoms with E-state index in [-0.39, 0.29) is 48.3 Å². The average molecular weight is 429 g/mol. The summed E-state index contributed by atoms with van der Waals surface area (Å²) in [5, 5.41) is 37.2. The number of carbonyl (C=O) groups is 1. The molecule has 0 unspecified atom stereocenters. The van der Waals surface area contributed by atoms with Gasteiger partial charge in [0.25, 0.3) is 0 Å². The maximum absolute atomic E-state index is 12.0. The number of thiophene rings is 1. The fourth-order valence-corrected chi connectivity index (χ4v) is 3.99. The summed E-state index contributed by atoms with van der Waals surface area (Å²) in [6, 6.07) is 2.02. The summed E-state index contributed by atoms with van der Waals surface area (Å²) in [4.78, 5) is 16.0. The molecule has 8 nitrogen and oxygen atoms in total. The van der Waals surface area contributed by atoms with E-state index in [1.807, 2.05) is 11.0 Å². The van der Waals surface area contributed by atoms with Gasteiger partial charge in [-0.2, -0.15) is 5.26 Å². The molecule has 4 N–H and O–H groups in total. The zero-order valence-electron chi connectivity index (χ0n) is 15.9. The Morgan fingerprint density at radius 2 is 2.11 bits per heavy atom. The maximum atomic E-state index is 12.0. The van der Waals surface area contributed by atoms with Gasteiger partial charge in [0.15, 0.2) is 0 Å². The maximum Gasteiger partial charge on any atom is 0.343 e. The van der Waals surface area contributed by atoms with Crippen molar-refractivity contribution in [3.05, 3.63) is 20.9 Å². The van der Waals surface area contributed by atoms with Crippen molar-refractivity contribution in [2.75, 3.05) is 45.9 Å². The summed E-state index contributed by atoms with van der Waals surface area (Å²) < 4.78 is 4.96. The first-order valence-corrected chi connectivity index (χ1v) is 9.64. The van der Waals surface area contributed by atoms with Crippen molar-refractivity contribution in [1.29, 1.82) is 10.7 Å².